The Morgan fingerprint density at radius 1 is 1.26 bits per heavy atom. The maximum atomic E-state index is 12.9. The van der Waals surface area contributed by atoms with Crippen LogP contribution < -0.4 is 10.6 Å². The summed E-state index contributed by atoms with van der Waals surface area (Å²) in [5, 5.41) is 5.95. The molecule has 6 heteroatoms. The number of hydrogen-bond acceptors (Lipinski definition) is 4. The number of aromatic nitrogens is 1. The third-order valence-electron chi connectivity index (χ3n) is 3.65. The summed E-state index contributed by atoms with van der Waals surface area (Å²) in [7, 11) is 0. The highest BCUT2D eigenvalue weighted by atomic mass is 19.1. The first-order valence-corrected chi connectivity index (χ1v) is 7.59. The van der Waals surface area contributed by atoms with Crippen LogP contribution in [0.2, 0.25) is 0 Å². The van der Waals surface area contributed by atoms with Crippen LogP contribution in [0.1, 0.15) is 23.3 Å². The predicted molar refractivity (Wildman–Crippen MR) is 86.1 cm³/mol. The van der Waals surface area contributed by atoms with Gasteiger partial charge in [-0.3, -0.25) is 9.78 Å². The van der Waals surface area contributed by atoms with Crippen LogP contribution in [0, 0.1) is 5.82 Å². The number of anilines is 2. The molecule has 120 valence electrons. The Morgan fingerprint density at radius 3 is 2.83 bits per heavy atom. The Morgan fingerprint density at radius 2 is 2.09 bits per heavy atom. The summed E-state index contributed by atoms with van der Waals surface area (Å²) in [5.41, 5.74) is 1.64. The van der Waals surface area contributed by atoms with E-state index in [2.05, 4.69) is 15.6 Å². The zero-order chi connectivity index (χ0) is 16.1. The number of nitrogens with one attached hydrogen (secondary N) is 2. The van der Waals surface area contributed by atoms with E-state index < -0.39 is 0 Å². The van der Waals surface area contributed by atoms with Gasteiger partial charge in [-0.15, -0.1) is 0 Å². The number of carbonyl (C=O) groups is 1. The van der Waals surface area contributed by atoms with E-state index in [1.807, 2.05) is 6.07 Å². The molecule has 1 unspecified atom stereocenters. The summed E-state index contributed by atoms with van der Waals surface area (Å²) in [4.78, 5) is 16.3. The molecule has 1 fully saturated rings. The van der Waals surface area contributed by atoms with Crippen molar-refractivity contribution < 1.29 is 13.9 Å². The summed E-state index contributed by atoms with van der Waals surface area (Å²) in [5.74, 6) is -0.682. The number of halogens is 1. The first kappa shape index (κ1) is 15.4. The van der Waals surface area contributed by atoms with Gasteiger partial charge in [0.2, 0.25) is 0 Å². The second-order valence-electron chi connectivity index (χ2n) is 5.41. The van der Waals surface area contributed by atoms with Gasteiger partial charge >= 0.3 is 0 Å². The van der Waals surface area contributed by atoms with E-state index in [1.165, 1.54) is 24.3 Å². The SMILES string of the molecule is O=C(Nc1ccc(F)cc1)c1cc(NCC2CCCO2)ccn1. The van der Waals surface area contributed by atoms with Gasteiger partial charge in [-0.2, -0.15) is 0 Å². The van der Waals surface area contributed by atoms with Crippen molar-refractivity contribution in [3.05, 3.63) is 54.1 Å². The van der Waals surface area contributed by atoms with Gasteiger partial charge < -0.3 is 15.4 Å². The maximum Gasteiger partial charge on any atom is 0.274 e. The number of amides is 1. The molecule has 1 aromatic heterocycles. The quantitative estimate of drug-likeness (QED) is 0.890. The number of pyridine rings is 1. The van der Waals surface area contributed by atoms with Gasteiger partial charge in [-0.25, -0.2) is 4.39 Å². The molecule has 1 aliphatic rings. The second-order valence-corrected chi connectivity index (χ2v) is 5.41. The Hall–Kier alpha value is -2.47. The first-order chi connectivity index (χ1) is 11.2. The van der Waals surface area contributed by atoms with Crippen molar-refractivity contribution >= 4 is 17.3 Å². The standard InChI is InChI=1S/C17H18FN3O2/c18-12-3-5-13(6-4-12)21-17(22)16-10-14(7-8-19-16)20-11-15-2-1-9-23-15/h3-8,10,15H,1-2,9,11H2,(H,19,20)(H,21,22). The van der Waals surface area contributed by atoms with Crippen LogP contribution in [0.15, 0.2) is 42.6 Å². The molecule has 0 bridgehead atoms. The molecule has 0 radical (unpaired) electrons. The van der Waals surface area contributed by atoms with Gasteiger partial charge in [0.15, 0.2) is 0 Å². The number of rotatable bonds is 5. The molecule has 1 saturated heterocycles. The minimum atomic E-state index is -0.346. The third kappa shape index (κ3) is 4.26. The fourth-order valence-electron chi connectivity index (χ4n) is 2.43. The van der Waals surface area contributed by atoms with Gasteiger partial charge in [0.1, 0.15) is 11.5 Å². The van der Waals surface area contributed by atoms with Crippen LogP contribution >= 0.6 is 0 Å². The fraction of sp³-hybridized carbons (Fsp3) is 0.294. The minimum absolute atomic E-state index is 0.222. The van der Waals surface area contributed by atoms with E-state index in [1.54, 1.807) is 12.3 Å². The lowest BCUT2D eigenvalue weighted by atomic mass is 10.2. The van der Waals surface area contributed by atoms with E-state index in [0.717, 1.165) is 25.1 Å². The number of ether oxygens (including phenoxy) is 1. The zero-order valence-corrected chi connectivity index (χ0v) is 12.6. The molecule has 0 aliphatic carbocycles. The molecular weight excluding hydrogens is 297 g/mol. The highest BCUT2D eigenvalue weighted by Crippen LogP contribution is 2.15. The molecule has 2 N–H and O–H groups in total. The van der Waals surface area contributed by atoms with E-state index >= 15 is 0 Å². The number of carbonyl (C=O) groups excluding carboxylic acids is 1. The summed E-state index contributed by atoms with van der Waals surface area (Å²) < 4.78 is 18.4. The molecule has 1 aromatic carbocycles. The summed E-state index contributed by atoms with van der Waals surface area (Å²) in [6.45, 7) is 1.52. The Balaban J connectivity index is 1.61. The molecule has 0 spiro atoms. The fourth-order valence-corrected chi connectivity index (χ4v) is 2.43. The van der Waals surface area contributed by atoms with Gasteiger partial charge in [0.25, 0.3) is 5.91 Å². The Kier molecular flexibility index (Phi) is 4.83. The molecule has 1 atom stereocenters. The van der Waals surface area contributed by atoms with Gasteiger partial charge in [0, 0.05) is 30.7 Å². The smallest absolute Gasteiger partial charge is 0.274 e. The average molecular weight is 315 g/mol. The molecule has 1 aliphatic heterocycles. The van der Waals surface area contributed by atoms with Crippen LogP contribution in [0.25, 0.3) is 0 Å². The number of benzene rings is 1. The summed E-state index contributed by atoms with van der Waals surface area (Å²) in [6.07, 6.45) is 3.95. The minimum Gasteiger partial charge on any atom is -0.382 e. The molecular formula is C17H18FN3O2. The molecule has 3 rings (SSSR count). The average Bonchev–Trinajstić information content (AvgIpc) is 3.09. The van der Waals surface area contributed by atoms with Gasteiger partial charge in [-0.05, 0) is 49.2 Å². The summed E-state index contributed by atoms with van der Waals surface area (Å²) >= 11 is 0. The maximum absolute atomic E-state index is 12.9. The lowest BCUT2D eigenvalue weighted by Gasteiger charge is -2.12. The molecule has 2 aromatic rings. The summed E-state index contributed by atoms with van der Waals surface area (Å²) in [6, 6.07) is 9.10. The third-order valence-corrected chi connectivity index (χ3v) is 3.65. The molecule has 1 amide bonds. The monoisotopic (exact) mass is 315 g/mol. The molecule has 2 heterocycles. The van der Waals surface area contributed by atoms with Gasteiger partial charge in [-0.1, -0.05) is 0 Å². The second kappa shape index (κ2) is 7.19. The molecule has 23 heavy (non-hydrogen) atoms. The zero-order valence-electron chi connectivity index (χ0n) is 12.6. The van der Waals surface area contributed by atoms with Crippen molar-refractivity contribution in [2.24, 2.45) is 0 Å². The van der Waals surface area contributed by atoms with Gasteiger partial charge in [0.05, 0.1) is 6.10 Å². The number of nitrogens with zero attached hydrogens (tertiary/aromatic N) is 1. The topological polar surface area (TPSA) is 63.2 Å². The van der Waals surface area contributed by atoms with E-state index in [9.17, 15) is 9.18 Å². The largest absolute Gasteiger partial charge is 0.382 e. The van der Waals surface area contributed by atoms with Crippen molar-refractivity contribution in [2.45, 2.75) is 18.9 Å². The van der Waals surface area contributed by atoms with Crippen molar-refractivity contribution in [1.82, 2.24) is 4.98 Å². The lowest BCUT2D eigenvalue weighted by Crippen LogP contribution is -2.19. The Bertz CT molecular complexity index is 670. The van der Waals surface area contributed by atoms with Crippen molar-refractivity contribution in [1.29, 1.82) is 0 Å². The van der Waals surface area contributed by atoms with E-state index in [0.29, 0.717) is 17.9 Å². The highest BCUT2D eigenvalue weighted by molar-refractivity contribution is 6.03. The van der Waals surface area contributed by atoms with E-state index in [-0.39, 0.29) is 17.8 Å². The number of hydrogen-bond donors (Lipinski definition) is 2. The lowest BCUT2D eigenvalue weighted by molar-refractivity contribution is 0.102. The van der Waals surface area contributed by atoms with Crippen molar-refractivity contribution in [2.75, 3.05) is 23.8 Å². The highest BCUT2D eigenvalue weighted by Gasteiger charge is 2.15. The van der Waals surface area contributed by atoms with Crippen molar-refractivity contribution in [3.63, 3.8) is 0 Å². The Labute approximate surface area is 133 Å². The van der Waals surface area contributed by atoms with Crippen LogP contribution in [0.4, 0.5) is 15.8 Å². The van der Waals surface area contributed by atoms with E-state index in [4.69, 9.17) is 4.74 Å². The van der Waals surface area contributed by atoms with Crippen LogP contribution in [0.5, 0.6) is 0 Å². The molecule has 0 saturated carbocycles. The van der Waals surface area contributed by atoms with Crippen molar-refractivity contribution in [3.8, 4) is 0 Å². The molecule has 5 nitrogen and oxygen atoms in total. The first-order valence-electron chi connectivity index (χ1n) is 7.59. The van der Waals surface area contributed by atoms with Crippen LogP contribution in [0.3, 0.4) is 0 Å². The van der Waals surface area contributed by atoms with Crippen LogP contribution in [-0.4, -0.2) is 30.1 Å². The van der Waals surface area contributed by atoms with Crippen LogP contribution in [-0.2, 0) is 4.74 Å². The normalized spacial score (nSPS) is 17.0. The predicted octanol–water partition coefficient (Wildman–Crippen LogP) is 3.06.